The summed E-state index contributed by atoms with van der Waals surface area (Å²) < 4.78 is 1.85. The summed E-state index contributed by atoms with van der Waals surface area (Å²) in [5.41, 5.74) is 7.52. The van der Waals surface area contributed by atoms with E-state index in [1.54, 1.807) is 0 Å². The van der Waals surface area contributed by atoms with Gasteiger partial charge in [0.25, 0.3) is 5.56 Å². The van der Waals surface area contributed by atoms with Crippen LogP contribution in [0.1, 0.15) is 44.2 Å². The molecule has 1 aromatic rings. The van der Waals surface area contributed by atoms with E-state index in [0.717, 1.165) is 12.2 Å². The van der Waals surface area contributed by atoms with Crippen molar-refractivity contribution in [3.63, 3.8) is 0 Å². The van der Waals surface area contributed by atoms with Gasteiger partial charge in [-0.2, -0.15) is 0 Å². The molecular formula is C12H18N2O. The summed E-state index contributed by atoms with van der Waals surface area (Å²) in [6, 6.07) is 3.49. The van der Waals surface area contributed by atoms with E-state index < -0.39 is 0 Å². The van der Waals surface area contributed by atoms with Gasteiger partial charge in [0, 0.05) is 24.0 Å². The van der Waals surface area contributed by atoms with Crippen molar-refractivity contribution in [3.8, 4) is 0 Å². The van der Waals surface area contributed by atoms with E-state index in [9.17, 15) is 4.79 Å². The van der Waals surface area contributed by atoms with Crippen molar-refractivity contribution in [2.45, 2.75) is 45.1 Å². The fourth-order valence-electron chi connectivity index (χ4n) is 2.54. The first-order chi connectivity index (χ1) is 7.22. The third-order valence-corrected chi connectivity index (χ3v) is 3.27. The SMILES string of the molecule is CCn1c(C2CCCC2)cc(N)cc1=O. The zero-order valence-corrected chi connectivity index (χ0v) is 9.20. The molecule has 0 atom stereocenters. The van der Waals surface area contributed by atoms with E-state index in [4.69, 9.17) is 5.73 Å². The average molecular weight is 206 g/mol. The van der Waals surface area contributed by atoms with Gasteiger partial charge in [0.15, 0.2) is 0 Å². The van der Waals surface area contributed by atoms with Crippen LogP contribution < -0.4 is 11.3 Å². The molecule has 0 saturated heterocycles. The van der Waals surface area contributed by atoms with E-state index in [1.807, 2.05) is 17.6 Å². The first-order valence-electron chi connectivity index (χ1n) is 5.72. The van der Waals surface area contributed by atoms with Crippen LogP contribution in [0.3, 0.4) is 0 Å². The fourth-order valence-corrected chi connectivity index (χ4v) is 2.54. The van der Waals surface area contributed by atoms with Crippen molar-refractivity contribution in [1.82, 2.24) is 4.57 Å². The number of hydrogen-bond donors (Lipinski definition) is 1. The minimum Gasteiger partial charge on any atom is -0.399 e. The van der Waals surface area contributed by atoms with Crippen LogP contribution in [0.4, 0.5) is 5.69 Å². The van der Waals surface area contributed by atoms with E-state index >= 15 is 0 Å². The molecule has 3 heteroatoms. The predicted molar refractivity (Wildman–Crippen MR) is 62.0 cm³/mol. The van der Waals surface area contributed by atoms with Crippen molar-refractivity contribution in [2.75, 3.05) is 5.73 Å². The molecule has 0 spiro atoms. The van der Waals surface area contributed by atoms with Crippen molar-refractivity contribution < 1.29 is 0 Å². The lowest BCUT2D eigenvalue weighted by molar-refractivity contribution is 0.597. The van der Waals surface area contributed by atoms with Crippen LogP contribution in [0, 0.1) is 0 Å². The topological polar surface area (TPSA) is 48.0 Å². The first-order valence-corrected chi connectivity index (χ1v) is 5.72. The second-order valence-corrected chi connectivity index (χ2v) is 4.28. The van der Waals surface area contributed by atoms with Gasteiger partial charge in [-0.05, 0) is 31.7 Å². The highest BCUT2D eigenvalue weighted by Crippen LogP contribution is 2.33. The summed E-state index contributed by atoms with van der Waals surface area (Å²) in [6.07, 6.45) is 4.94. The summed E-state index contributed by atoms with van der Waals surface area (Å²) in [6.45, 7) is 2.75. The zero-order chi connectivity index (χ0) is 10.8. The zero-order valence-electron chi connectivity index (χ0n) is 9.20. The van der Waals surface area contributed by atoms with Crippen molar-refractivity contribution in [2.24, 2.45) is 0 Å². The number of hydrogen-bond acceptors (Lipinski definition) is 2. The Labute approximate surface area is 89.9 Å². The highest BCUT2D eigenvalue weighted by Gasteiger charge is 2.20. The van der Waals surface area contributed by atoms with Gasteiger partial charge in [0.1, 0.15) is 0 Å². The molecular weight excluding hydrogens is 188 g/mol. The predicted octanol–water partition coefficient (Wildman–Crippen LogP) is 2.11. The maximum Gasteiger partial charge on any atom is 0.252 e. The monoisotopic (exact) mass is 206 g/mol. The second kappa shape index (κ2) is 4.09. The third-order valence-electron chi connectivity index (χ3n) is 3.27. The van der Waals surface area contributed by atoms with Gasteiger partial charge < -0.3 is 10.3 Å². The highest BCUT2D eigenvalue weighted by atomic mass is 16.1. The Morgan fingerprint density at radius 1 is 1.40 bits per heavy atom. The van der Waals surface area contributed by atoms with Crippen molar-refractivity contribution in [3.05, 3.63) is 28.2 Å². The molecule has 2 N–H and O–H groups in total. The van der Waals surface area contributed by atoms with E-state index in [2.05, 4.69) is 0 Å². The van der Waals surface area contributed by atoms with Crippen molar-refractivity contribution >= 4 is 5.69 Å². The fraction of sp³-hybridized carbons (Fsp3) is 0.583. The largest absolute Gasteiger partial charge is 0.399 e. The summed E-state index contributed by atoms with van der Waals surface area (Å²) in [5.74, 6) is 0.543. The molecule has 0 aliphatic heterocycles. The smallest absolute Gasteiger partial charge is 0.252 e. The van der Waals surface area contributed by atoms with E-state index in [-0.39, 0.29) is 5.56 Å². The molecule has 2 rings (SSSR count). The molecule has 0 unspecified atom stereocenters. The molecule has 15 heavy (non-hydrogen) atoms. The molecule has 0 bridgehead atoms. The lowest BCUT2D eigenvalue weighted by atomic mass is 10.0. The van der Waals surface area contributed by atoms with Crippen LogP contribution in [0.15, 0.2) is 16.9 Å². The van der Waals surface area contributed by atoms with Crippen LogP contribution >= 0.6 is 0 Å². The summed E-state index contributed by atoms with van der Waals surface area (Å²) in [4.78, 5) is 11.7. The maximum absolute atomic E-state index is 11.7. The second-order valence-electron chi connectivity index (χ2n) is 4.28. The molecule has 1 aliphatic carbocycles. The van der Waals surface area contributed by atoms with Gasteiger partial charge in [0.2, 0.25) is 0 Å². The number of aromatic nitrogens is 1. The Morgan fingerprint density at radius 3 is 2.67 bits per heavy atom. The van der Waals surface area contributed by atoms with Gasteiger partial charge in [-0.3, -0.25) is 4.79 Å². The number of anilines is 1. The van der Waals surface area contributed by atoms with Gasteiger partial charge in [-0.15, -0.1) is 0 Å². The van der Waals surface area contributed by atoms with Crippen LogP contribution in [0.5, 0.6) is 0 Å². The molecule has 3 nitrogen and oxygen atoms in total. The number of pyridine rings is 1. The Hall–Kier alpha value is -1.25. The highest BCUT2D eigenvalue weighted by molar-refractivity contribution is 5.39. The Morgan fingerprint density at radius 2 is 2.07 bits per heavy atom. The number of nitrogens with zero attached hydrogens (tertiary/aromatic N) is 1. The molecule has 1 saturated carbocycles. The summed E-state index contributed by atoms with van der Waals surface area (Å²) in [7, 11) is 0. The molecule has 0 radical (unpaired) electrons. The summed E-state index contributed by atoms with van der Waals surface area (Å²) >= 11 is 0. The quantitative estimate of drug-likeness (QED) is 0.805. The van der Waals surface area contributed by atoms with Gasteiger partial charge in [0.05, 0.1) is 0 Å². The first kappa shape index (κ1) is 10.3. The van der Waals surface area contributed by atoms with Gasteiger partial charge in [-0.1, -0.05) is 12.8 Å². The van der Waals surface area contributed by atoms with Crippen molar-refractivity contribution in [1.29, 1.82) is 0 Å². The third kappa shape index (κ3) is 1.91. The van der Waals surface area contributed by atoms with Crippen LogP contribution in [-0.4, -0.2) is 4.57 Å². The molecule has 1 heterocycles. The van der Waals surface area contributed by atoms with E-state index in [1.165, 1.54) is 31.7 Å². The standard InChI is InChI=1S/C12H18N2O/c1-2-14-11(9-5-3-4-6-9)7-10(13)8-12(14)15/h7-9H,2-6,13H2,1H3. The Bertz CT molecular complexity index is 403. The molecule has 0 amide bonds. The van der Waals surface area contributed by atoms with Crippen LogP contribution in [0.2, 0.25) is 0 Å². The normalized spacial score (nSPS) is 17.1. The molecule has 1 fully saturated rings. The van der Waals surface area contributed by atoms with Crippen LogP contribution in [0.25, 0.3) is 0 Å². The Balaban J connectivity index is 2.47. The number of nitrogen functional groups attached to an aromatic ring is 1. The van der Waals surface area contributed by atoms with E-state index in [0.29, 0.717) is 11.6 Å². The molecule has 0 aromatic carbocycles. The number of rotatable bonds is 2. The minimum atomic E-state index is 0.0411. The van der Waals surface area contributed by atoms with Gasteiger partial charge in [-0.25, -0.2) is 0 Å². The van der Waals surface area contributed by atoms with Gasteiger partial charge >= 0.3 is 0 Å². The number of nitrogens with two attached hydrogens (primary N) is 1. The molecule has 82 valence electrons. The minimum absolute atomic E-state index is 0.0411. The Kier molecular flexibility index (Phi) is 2.80. The lowest BCUT2D eigenvalue weighted by Crippen LogP contribution is -2.23. The molecule has 1 aromatic heterocycles. The lowest BCUT2D eigenvalue weighted by Gasteiger charge is -2.16. The molecule has 1 aliphatic rings. The van der Waals surface area contributed by atoms with Crippen LogP contribution in [-0.2, 0) is 6.54 Å². The average Bonchev–Trinajstić information content (AvgIpc) is 2.69. The summed E-state index contributed by atoms with van der Waals surface area (Å²) in [5, 5.41) is 0. The maximum atomic E-state index is 11.7.